The van der Waals surface area contributed by atoms with Crippen LogP contribution in [0.1, 0.15) is 45.4 Å². The predicted molar refractivity (Wildman–Crippen MR) is 84.1 cm³/mol. The van der Waals surface area contributed by atoms with Crippen molar-refractivity contribution in [1.82, 2.24) is 0 Å². The molecule has 2 rings (SSSR count). The lowest BCUT2D eigenvalue weighted by Gasteiger charge is -2.05. The molecule has 1 aromatic heterocycles. The number of esters is 1. The minimum atomic E-state index is -0.443. The number of hydrogen-bond donors (Lipinski definition) is 1. The summed E-state index contributed by atoms with van der Waals surface area (Å²) in [6.07, 6.45) is 0. The van der Waals surface area contributed by atoms with Gasteiger partial charge >= 0.3 is 5.97 Å². The lowest BCUT2D eigenvalue weighted by molar-refractivity contribution is 0.0602. The molecule has 0 aliphatic rings. The van der Waals surface area contributed by atoms with E-state index in [1.165, 1.54) is 18.4 Å². The van der Waals surface area contributed by atoms with E-state index in [1.807, 2.05) is 19.9 Å². The summed E-state index contributed by atoms with van der Waals surface area (Å²) in [7, 11) is 1.33. The van der Waals surface area contributed by atoms with Crippen LogP contribution in [-0.2, 0) is 4.74 Å². The van der Waals surface area contributed by atoms with Gasteiger partial charge in [-0.1, -0.05) is 32.0 Å². The number of carbonyl (C=O) groups is 2. The summed E-state index contributed by atoms with van der Waals surface area (Å²) in [5.41, 5.74) is 0.947. The van der Waals surface area contributed by atoms with Crippen LogP contribution in [0, 0.1) is 0 Å². The summed E-state index contributed by atoms with van der Waals surface area (Å²) < 4.78 is 4.77. The van der Waals surface area contributed by atoms with E-state index >= 15 is 0 Å². The summed E-state index contributed by atoms with van der Waals surface area (Å²) in [4.78, 5) is 25.0. The highest BCUT2D eigenvalue weighted by Gasteiger charge is 2.20. The van der Waals surface area contributed by atoms with E-state index < -0.39 is 5.97 Å². The Kier molecular flexibility index (Phi) is 4.75. The van der Waals surface area contributed by atoms with E-state index in [-0.39, 0.29) is 11.8 Å². The highest BCUT2D eigenvalue weighted by molar-refractivity contribution is 7.16. The van der Waals surface area contributed by atoms with Crippen LogP contribution < -0.4 is 5.32 Å². The first-order chi connectivity index (χ1) is 10.0. The van der Waals surface area contributed by atoms with Crippen molar-refractivity contribution in [2.45, 2.75) is 19.8 Å². The molecule has 1 heterocycles. The average molecular weight is 303 g/mol. The van der Waals surface area contributed by atoms with Gasteiger partial charge in [-0.2, -0.15) is 0 Å². The molecule has 0 aliphatic heterocycles. The molecule has 0 spiro atoms. The SMILES string of the molecule is COC(=O)c1cc(C(C)C)sc1NC(=O)c1ccccc1. The average Bonchev–Trinajstić information content (AvgIpc) is 2.91. The summed E-state index contributed by atoms with van der Waals surface area (Å²) in [6, 6.07) is 10.7. The van der Waals surface area contributed by atoms with Crippen molar-refractivity contribution < 1.29 is 14.3 Å². The molecule has 110 valence electrons. The molecule has 1 aromatic carbocycles. The summed E-state index contributed by atoms with van der Waals surface area (Å²) in [6.45, 7) is 4.07. The Bertz CT molecular complexity index is 647. The zero-order valence-corrected chi connectivity index (χ0v) is 13.0. The van der Waals surface area contributed by atoms with Crippen molar-refractivity contribution in [2.24, 2.45) is 0 Å². The Morgan fingerprint density at radius 2 is 1.86 bits per heavy atom. The second kappa shape index (κ2) is 6.54. The van der Waals surface area contributed by atoms with Crippen LogP contribution in [0.5, 0.6) is 0 Å². The van der Waals surface area contributed by atoms with E-state index in [2.05, 4.69) is 5.32 Å². The molecule has 0 fully saturated rings. The molecule has 0 saturated heterocycles. The van der Waals surface area contributed by atoms with Gasteiger partial charge in [-0.05, 0) is 24.1 Å². The fourth-order valence-electron chi connectivity index (χ4n) is 1.81. The molecule has 1 N–H and O–H groups in total. The fourth-order valence-corrected chi connectivity index (χ4v) is 2.86. The summed E-state index contributed by atoms with van der Waals surface area (Å²) in [5.74, 6) is -0.403. The standard InChI is InChI=1S/C16H17NO3S/c1-10(2)13-9-12(16(19)20-3)15(21-13)17-14(18)11-7-5-4-6-8-11/h4-10H,1-3H3,(H,17,18). The largest absolute Gasteiger partial charge is 0.465 e. The third-order valence-electron chi connectivity index (χ3n) is 2.99. The molecule has 0 aliphatic carbocycles. The lowest BCUT2D eigenvalue weighted by atomic mass is 10.1. The number of methoxy groups -OCH3 is 1. The first-order valence-corrected chi connectivity index (χ1v) is 7.43. The molecular formula is C16H17NO3S. The number of thiophene rings is 1. The molecule has 1 amide bonds. The number of amides is 1. The number of ether oxygens (including phenoxy) is 1. The zero-order valence-electron chi connectivity index (χ0n) is 12.2. The van der Waals surface area contributed by atoms with Crippen LogP contribution in [0.15, 0.2) is 36.4 Å². The molecule has 0 bridgehead atoms. The van der Waals surface area contributed by atoms with Crippen molar-refractivity contribution in [3.63, 3.8) is 0 Å². The minimum absolute atomic E-state index is 0.238. The van der Waals surface area contributed by atoms with E-state index in [9.17, 15) is 9.59 Å². The van der Waals surface area contributed by atoms with Crippen LogP contribution in [0.3, 0.4) is 0 Å². The van der Waals surface area contributed by atoms with Gasteiger partial charge in [0.1, 0.15) is 5.00 Å². The van der Waals surface area contributed by atoms with Gasteiger partial charge in [-0.3, -0.25) is 4.79 Å². The molecule has 0 atom stereocenters. The topological polar surface area (TPSA) is 55.4 Å². The second-order valence-corrected chi connectivity index (χ2v) is 5.94. The Balaban J connectivity index is 2.30. The third-order valence-corrected chi connectivity index (χ3v) is 4.34. The molecule has 2 aromatic rings. The van der Waals surface area contributed by atoms with Crippen LogP contribution in [0.4, 0.5) is 5.00 Å². The Labute approximate surface area is 127 Å². The monoisotopic (exact) mass is 303 g/mol. The maximum Gasteiger partial charge on any atom is 0.340 e. The van der Waals surface area contributed by atoms with Crippen LogP contribution in [0.25, 0.3) is 0 Å². The van der Waals surface area contributed by atoms with E-state index in [0.717, 1.165) is 4.88 Å². The number of rotatable bonds is 4. The van der Waals surface area contributed by atoms with Gasteiger partial charge in [0.25, 0.3) is 5.91 Å². The summed E-state index contributed by atoms with van der Waals surface area (Å²) in [5, 5.41) is 3.32. The van der Waals surface area contributed by atoms with Gasteiger partial charge in [0.05, 0.1) is 12.7 Å². The van der Waals surface area contributed by atoms with Gasteiger partial charge in [-0.25, -0.2) is 4.79 Å². The van der Waals surface area contributed by atoms with Crippen LogP contribution >= 0.6 is 11.3 Å². The normalized spacial score (nSPS) is 10.5. The number of benzene rings is 1. The fraction of sp³-hybridized carbons (Fsp3) is 0.250. The first-order valence-electron chi connectivity index (χ1n) is 6.61. The van der Waals surface area contributed by atoms with Gasteiger partial charge in [0.2, 0.25) is 0 Å². The predicted octanol–water partition coefficient (Wildman–Crippen LogP) is 3.91. The molecule has 21 heavy (non-hydrogen) atoms. The van der Waals surface area contributed by atoms with Gasteiger partial charge in [0.15, 0.2) is 0 Å². The van der Waals surface area contributed by atoms with E-state index in [0.29, 0.717) is 16.1 Å². The number of carbonyl (C=O) groups excluding carboxylic acids is 2. The molecule has 4 nitrogen and oxygen atoms in total. The molecule has 0 saturated carbocycles. The van der Waals surface area contributed by atoms with Crippen LogP contribution in [-0.4, -0.2) is 19.0 Å². The third kappa shape index (κ3) is 3.49. The molecule has 0 unspecified atom stereocenters. The number of nitrogens with one attached hydrogen (secondary N) is 1. The van der Waals surface area contributed by atoms with E-state index in [4.69, 9.17) is 4.74 Å². The van der Waals surface area contributed by atoms with Crippen molar-refractivity contribution in [1.29, 1.82) is 0 Å². The second-order valence-electron chi connectivity index (χ2n) is 4.86. The smallest absolute Gasteiger partial charge is 0.340 e. The van der Waals surface area contributed by atoms with Crippen molar-refractivity contribution in [2.75, 3.05) is 12.4 Å². The molecule has 5 heteroatoms. The van der Waals surface area contributed by atoms with Gasteiger partial charge in [0, 0.05) is 10.4 Å². The lowest BCUT2D eigenvalue weighted by Crippen LogP contribution is -2.13. The zero-order chi connectivity index (χ0) is 15.4. The van der Waals surface area contributed by atoms with Crippen LogP contribution in [0.2, 0.25) is 0 Å². The number of anilines is 1. The highest BCUT2D eigenvalue weighted by atomic mass is 32.1. The van der Waals surface area contributed by atoms with Crippen molar-refractivity contribution in [3.8, 4) is 0 Å². The van der Waals surface area contributed by atoms with Gasteiger partial charge in [-0.15, -0.1) is 11.3 Å². The quantitative estimate of drug-likeness (QED) is 0.871. The first kappa shape index (κ1) is 15.3. The summed E-state index contributed by atoms with van der Waals surface area (Å²) >= 11 is 1.40. The molecular weight excluding hydrogens is 286 g/mol. The maximum atomic E-state index is 12.2. The maximum absolute atomic E-state index is 12.2. The minimum Gasteiger partial charge on any atom is -0.465 e. The Hall–Kier alpha value is -2.14. The Morgan fingerprint density at radius 1 is 1.19 bits per heavy atom. The van der Waals surface area contributed by atoms with Crippen molar-refractivity contribution >= 4 is 28.2 Å². The van der Waals surface area contributed by atoms with Gasteiger partial charge < -0.3 is 10.1 Å². The Morgan fingerprint density at radius 3 is 2.43 bits per heavy atom. The highest BCUT2D eigenvalue weighted by Crippen LogP contribution is 2.33. The number of hydrogen-bond acceptors (Lipinski definition) is 4. The van der Waals surface area contributed by atoms with E-state index in [1.54, 1.807) is 30.3 Å². The van der Waals surface area contributed by atoms with Crippen molar-refractivity contribution in [3.05, 3.63) is 52.4 Å². The molecule has 0 radical (unpaired) electrons.